The quantitative estimate of drug-likeness (QED) is 0.760. The summed E-state index contributed by atoms with van der Waals surface area (Å²) in [5.41, 5.74) is 1.93. The predicted octanol–water partition coefficient (Wildman–Crippen LogP) is 2.21. The molecule has 1 amide bonds. The number of amides is 1. The molecule has 0 unspecified atom stereocenters. The minimum atomic E-state index is -3.50. The van der Waals surface area contributed by atoms with Crippen molar-refractivity contribution in [1.82, 2.24) is 19.0 Å². The number of sulfonamides is 1. The summed E-state index contributed by atoms with van der Waals surface area (Å²) in [5.74, 6) is -0.518. The fourth-order valence-corrected chi connectivity index (χ4v) is 5.64. The largest absolute Gasteiger partial charge is 0.340 e. The second-order valence-electron chi connectivity index (χ2n) is 7.82. The number of hydrogen-bond acceptors (Lipinski definition) is 4. The summed E-state index contributed by atoms with van der Waals surface area (Å²) < 4.78 is 42.1. The van der Waals surface area contributed by atoms with Gasteiger partial charge in [0.15, 0.2) is 0 Å². The first kappa shape index (κ1) is 20.0. The van der Waals surface area contributed by atoms with Gasteiger partial charge in [-0.2, -0.15) is 5.10 Å². The number of carbonyl (C=O) groups is 1. The highest BCUT2D eigenvalue weighted by Gasteiger charge is 2.31. The highest BCUT2D eigenvalue weighted by molar-refractivity contribution is 7.88. The van der Waals surface area contributed by atoms with E-state index in [0.717, 1.165) is 18.7 Å². The van der Waals surface area contributed by atoms with Crippen LogP contribution < -0.4 is 0 Å². The summed E-state index contributed by atoms with van der Waals surface area (Å²) in [6, 6.07) is 7.58. The fourth-order valence-electron chi connectivity index (χ4n) is 4.09. The second kappa shape index (κ2) is 7.87. The van der Waals surface area contributed by atoms with Crippen LogP contribution in [-0.4, -0.2) is 60.0 Å². The molecule has 9 heteroatoms. The van der Waals surface area contributed by atoms with Crippen molar-refractivity contribution in [2.75, 3.05) is 26.7 Å². The van der Waals surface area contributed by atoms with Crippen LogP contribution in [0, 0.1) is 5.82 Å². The maximum atomic E-state index is 13.4. The molecule has 7 nitrogen and oxygen atoms in total. The Kier molecular flexibility index (Phi) is 5.44. The molecule has 1 aromatic carbocycles. The average Bonchev–Trinajstić information content (AvgIpc) is 3.06. The molecule has 2 aliphatic rings. The van der Waals surface area contributed by atoms with Gasteiger partial charge in [0.05, 0.1) is 11.4 Å². The third kappa shape index (κ3) is 4.20. The lowest BCUT2D eigenvalue weighted by Gasteiger charge is -2.30. The van der Waals surface area contributed by atoms with Crippen molar-refractivity contribution in [3.8, 4) is 0 Å². The zero-order valence-corrected chi connectivity index (χ0v) is 17.2. The molecule has 0 bridgehead atoms. The molecular formula is C20H25FN4O3S. The predicted molar refractivity (Wildman–Crippen MR) is 106 cm³/mol. The molecule has 0 atom stereocenters. The first-order valence-electron chi connectivity index (χ1n) is 9.89. The Morgan fingerprint density at radius 1 is 1.14 bits per heavy atom. The molecule has 0 radical (unpaired) electrons. The van der Waals surface area contributed by atoms with E-state index in [0.29, 0.717) is 43.7 Å². The monoisotopic (exact) mass is 420 g/mol. The maximum Gasteiger partial charge on any atom is 0.271 e. The first-order valence-corrected chi connectivity index (χ1v) is 11.5. The van der Waals surface area contributed by atoms with Crippen LogP contribution in [0.4, 0.5) is 4.39 Å². The normalized spacial score (nSPS) is 19.2. The Labute approximate surface area is 170 Å². The maximum absolute atomic E-state index is 13.4. The summed E-state index contributed by atoms with van der Waals surface area (Å²) in [7, 11) is -1.70. The molecule has 0 N–H and O–H groups in total. The standard InChI is InChI=1S/C20H25FN4O3S/c1-23-8-3-9-25-19(20(23)26)13-18(22-25)16-6-10-24(11-7-16)29(27,28)14-15-4-2-5-17(21)12-15/h2,4-5,12-13,16H,3,6-11,14H2,1H3. The number of fused-ring (bicyclic) bond motifs is 1. The van der Waals surface area contributed by atoms with E-state index in [-0.39, 0.29) is 17.6 Å². The van der Waals surface area contributed by atoms with Gasteiger partial charge in [-0.25, -0.2) is 17.1 Å². The lowest BCUT2D eigenvalue weighted by atomic mass is 9.94. The van der Waals surface area contributed by atoms with Gasteiger partial charge in [0.1, 0.15) is 11.5 Å². The average molecular weight is 421 g/mol. The number of rotatable bonds is 4. The number of hydrogen-bond donors (Lipinski definition) is 0. The minimum absolute atomic E-state index is 0.0173. The molecule has 0 spiro atoms. The Morgan fingerprint density at radius 2 is 1.90 bits per heavy atom. The number of aryl methyl sites for hydroxylation is 1. The van der Waals surface area contributed by atoms with E-state index < -0.39 is 15.8 Å². The van der Waals surface area contributed by atoms with E-state index in [1.807, 2.05) is 6.07 Å². The van der Waals surface area contributed by atoms with Crippen LogP contribution in [0.3, 0.4) is 0 Å². The lowest BCUT2D eigenvalue weighted by Crippen LogP contribution is -2.38. The molecular weight excluding hydrogens is 395 g/mol. The molecule has 1 aromatic heterocycles. The summed E-state index contributed by atoms with van der Waals surface area (Å²) in [6.07, 6.45) is 2.18. The minimum Gasteiger partial charge on any atom is -0.340 e. The van der Waals surface area contributed by atoms with Crippen molar-refractivity contribution in [3.05, 3.63) is 53.1 Å². The Morgan fingerprint density at radius 3 is 2.62 bits per heavy atom. The van der Waals surface area contributed by atoms with Crippen molar-refractivity contribution in [3.63, 3.8) is 0 Å². The van der Waals surface area contributed by atoms with Gasteiger partial charge in [-0.15, -0.1) is 0 Å². The van der Waals surface area contributed by atoms with E-state index in [9.17, 15) is 17.6 Å². The van der Waals surface area contributed by atoms with Crippen LogP contribution >= 0.6 is 0 Å². The van der Waals surface area contributed by atoms with Gasteiger partial charge < -0.3 is 4.90 Å². The number of piperidine rings is 1. The number of halogens is 1. The number of carbonyl (C=O) groups excluding carboxylic acids is 1. The molecule has 3 heterocycles. The molecule has 0 aliphatic carbocycles. The summed E-state index contributed by atoms with van der Waals surface area (Å²) >= 11 is 0. The lowest BCUT2D eigenvalue weighted by molar-refractivity contribution is 0.0796. The van der Waals surface area contributed by atoms with Crippen LogP contribution in [0.25, 0.3) is 0 Å². The van der Waals surface area contributed by atoms with E-state index in [1.54, 1.807) is 22.7 Å². The summed E-state index contributed by atoms with van der Waals surface area (Å²) in [5, 5.41) is 4.64. The van der Waals surface area contributed by atoms with Crippen LogP contribution in [0.5, 0.6) is 0 Å². The first-order chi connectivity index (χ1) is 13.8. The van der Waals surface area contributed by atoms with Crippen molar-refractivity contribution >= 4 is 15.9 Å². The number of aromatic nitrogens is 2. The van der Waals surface area contributed by atoms with Gasteiger partial charge in [0.25, 0.3) is 5.91 Å². The second-order valence-corrected chi connectivity index (χ2v) is 9.79. The van der Waals surface area contributed by atoms with E-state index in [4.69, 9.17) is 0 Å². The van der Waals surface area contributed by atoms with Gasteiger partial charge in [-0.05, 0) is 43.0 Å². The van der Waals surface area contributed by atoms with Crippen LogP contribution in [-0.2, 0) is 22.3 Å². The van der Waals surface area contributed by atoms with Crippen molar-refractivity contribution in [2.24, 2.45) is 0 Å². The highest BCUT2D eigenvalue weighted by atomic mass is 32.2. The van der Waals surface area contributed by atoms with Crippen LogP contribution in [0.15, 0.2) is 30.3 Å². The van der Waals surface area contributed by atoms with Gasteiger partial charge in [-0.3, -0.25) is 9.48 Å². The topological polar surface area (TPSA) is 75.5 Å². The third-order valence-corrected chi connectivity index (χ3v) is 7.58. The molecule has 2 aromatic rings. The zero-order valence-electron chi connectivity index (χ0n) is 16.4. The Bertz CT molecular complexity index is 1010. The SMILES string of the molecule is CN1CCCn2nc(C3CCN(S(=O)(=O)Cc4cccc(F)c4)CC3)cc2C1=O. The van der Waals surface area contributed by atoms with Crippen LogP contribution in [0.1, 0.15) is 46.9 Å². The Balaban J connectivity index is 1.43. The van der Waals surface area contributed by atoms with Crippen molar-refractivity contribution < 1.29 is 17.6 Å². The molecule has 2 aliphatic heterocycles. The summed E-state index contributed by atoms with van der Waals surface area (Å²) in [4.78, 5) is 14.2. The summed E-state index contributed by atoms with van der Waals surface area (Å²) in [6.45, 7) is 2.24. The van der Waals surface area contributed by atoms with E-state index in [1.165, 1.54) is 22.5 Å². The zero-order chi connectivity index (χ0) is 20.6. The van der Waals surface area contributed by atoms with Gasteiger partial charge >= 0.3 is 0 Å². The highest BCUT2D eigenvalue weighted by Crippen LogP contribution is 2.30. The van der Waals surface area contributed by atoms with Gasteiger partial charge in [0.2, 0.25) is 10.0 Å². The van der Waals surface area contributed by atoms with Crippen LogP contribution in [0.2, 0.25) is 0 Å². The van der Waals surface area contributed by atoms with Gasteiger partial charge in [0, 0.05) is 39.1 Å². The molecule has 1 saturated heterocycles. The molecule has 4 rings (SSSR count). The van der Waals surface area contributed by atoms with Crippen molar-refractivity contribution in [1.29, 1.82) is 0 Å². The number of nitrogens with zero attached hydrogens (tertiary/aromatic N) is 4. The molecule has 1 fully saturated rings. The molecule has 156 valence electrons. The van der Waals surface area contributed by atoms with Crippen molar-refractivity contribution in [2.45, 2.75) is 37.5 Å². The van der Waals surface area contributed by atoms with Gasteiger partial charge in [-0.1, -0.05) is 12.1 Å². The Hall–Kier alpha value is -2.26. The molecule has 29 heavy (non-hydrogen) atoms. The van der Waals surface area contributed by atoms with E-state index >= 15 is 0 Å². The third-order valence-electron chi connectivity index (χ3n) is 5.73. The smallest absolute Gasteiger partial charge is 0.271 e. The fraction of sp³-hybridized carbons (Fsp3) is 0.500. The van der Waals surface area contributed by atoms with E-state index in [2.05, 4.69) is 5.10 Å². The molecule has 0 saturated carbocycles. The number of benzene rings is 1.